The molecule has 0 bridgehead atoms. The molecular formula is C21H25ClN2O4. The smallest absolute Gasteiger partial charge is 0.279 e. The maximum absolute atomic E-state index is 12.1. The van der Waals surface area contributed by atoms with Crippen LogP contribution >= 0.6 is 11.6 Å². The van der Waals surface area contributed by atoms with Crippen LogP contribution in [0.4, 0.5) is 0 Å². The minimum absolute atomic E-state index is 0.219. The molecule has 0 aromatic heterocycles. The Morgan fingerprint density at radius 3 is 2.43 bits per heavy atom. The molecule has 7 heteroatoms. The lowest BCUT2D eigenvalue weighted by molar-refractivity contribution is -0.133. The first-order valence-electron chi connectivity index (χ1n) is 9.01. The van der Waals surface area contributed by atoms with Gasteiger partial charge in [0.2, 0.25) is 0 Å². The SMILES string of the molecule is Cc1ccc(C(C)C)c(OCC(=O)NNC(=O)C(C)Oc2ccccc2Cl)c1. The summed E-state index contributed by atoms with van der Waals surface area (Å²) in [6.45, 7) is 7.40. The topological polar surface area (TPSA) is 76.7 Å². The zero-order valence-electron chi connectivity index (χ0n) is 16.4. The third kappa shape index (κ3) is 6.16. The van der Waals surface area contributed by atoms with E-state index >= 15 is 0 Å². The maximum Gasteiger partial charge on any atom is 0.279 e. The van der Waals surface area contributed by atoms with E-state index in [0.717, 1.165) is 11.1 Å². The molecule has 2 aromatic rings. The van der Waals surface area contributed by atoms with Gasteiger partial charge in [-0.05, 0) is 49.1 Å². The molecule has 0 saturated heterocycles. The van der Waals surface area contributed by atoms with Crippen molar-refractivity contribution in [2.75, 3.05) is 6.61 Å². The highest BCUT2D eigenvalue weighted by molar-refractivity contribution is 6.32. The number of hydrogen-bond donors (Lipinski definition) is 2. The fourth-order valence-electron chi connectivity index (χ4n) is 2.44. The van der Waals surface area contributed by atoms with Gasteiger partial charge in [0.25, 0.3) is 11.8 Å². The van der Waals surface area contributed by atoms with Crippen molar-refractivity contribution in [1.82, 2.24) is 10.9 Å². The molecule has 28 heavy (non-hydrogen) atoms. The number of halogens is 1. The van der Waals surface area contributed by atoms with E-state index in [-0.39, 0.29) is 12.5 Å². The van der Waals surface area contributed by atoms with Crippen LogP contribution in [0, 0.1) is 6.92 Å². The quantitative estimate of drug-likeness (QED) is 0.689. The third-order valence-corrected chi connectivity index (χ3v) is 4.30. The van der Waals surface area contributed by atoms with E-state index < -0.39 is 17.9 Å². The molecule has 6 nitrogen and oxygen atoms in total. The standard InChI is InChI=1S/C21H25ClN2O4/c1-13(2)16-10-9-14(3)11-19(16)27-12-20(25)23-24-21(26)15(4)28-18-8-6-5-7-17(18)22/h5-11,13,15H,12H2,1-4H3,(H,23,25)(H,24,26). The Labute approximate surface area is 170 Å². The Bertz CT molecular complexity index is 839. The number of benzene rings is 2. The summed E-state index contributed by atoms with van der Waals surface area (Å²) in [7, 11) is 0. The molecule has 0 fully saturated rings. The Kier molecular flexibility index (Phi) is 7.70. The van der Waals surface area contributed by atoms with Crippen LogP contribution in [-0.2, 0) is 9.59 Å². The first-order valence-corrected chi connectivity index (χ1v) is 9.39. The highest BCUT2D eigenvalue weighted by Crippen LogP contribution is 2.27. The lowest BCUT2D eigenvalue weighted by atomic mass is 10.0. The van der Waals surface area contributed by atoms with Crippen LogP contribution in [-0.4, -0.2) is 24.5 Å². The van der Waals surface area contributed by atoms with E-state index in [1.807, 2.05) is 25.1 Å². The number of nitrogens with one attached hydrogen (secondary N) is 2. The van der Waals surface area contributed by atoms with Crippen molar-refractivity contribution < 1.29 is 19.1 Å². The number of ether oxygens (including phenoxy) is 2. The van der Waals surface area contributed by atoms with Crippen molar-refractivity contribution >= 4 is 23.4 Å². The minimum atomic E-state index is -0.842. The predicted octanol–water partition coefficient (Wildman–Crippen LogP) is 3.77. The molecule has 2 N–H and O–H groups in total. The molecule has 0 aliphatic rings. The summed E-state index contributed by atoms with van der Waals surface area (Å²) >= 11 is 6.00. The van der Waals surface area contributed by atoms with Crippen LogP contribution in [0.3, 0.4) is 0 Å². The molecule has 2 aromatic carbocycles. The molecule has 0 aliphatic carbocycles. The Hall–Kier alpha value is -2.73. The lowest BCUT2D eigenvalue weighted by Crippen LogP contribution is -2.48. The second-order valence-electron chi connectivity index (χ2n) is 6.71. The summed E-state index contributed by atoms with van der Waals surface area (Å²) in [5.41, 5.74) is 6.70. The van der Waals surface area contributed by atoms with Gasteiger partial charge >= 0.3 is 0 Å². The largest absolute Gasteiger partial charge is 0.483 e. The molecule has 0 heterocycles. The van der Waals surface area contributed by atoms with Gasteiger partial charge < -0.3 is 9.47 Å². The minimum Gasteiger partial charge on any atom is -0.483 e. The van der Waals surface area contributed by atoms with E-state index in [2.05, 4.69) is 24.7 Å². The fourth-order valence-corrected chi connectivity index (χ4v) is 2.62. The van der Waals surface area contributed by atoms with Gasteiger partial charge in [-0.15, -0.1) is 0 Å². The average molecular weight is 405 g/mol. The number of rotatable bonds is 7. The van der Waals surface area contributed by atoms with E-state index in [9.17, 15) is 9.59 Å². The molecule has 0 spiro atoms. The van der Waals surface area contributed by atoms with E-state index in [1.54, 1.807) is 31.2 Å². The van der Waals surface area contributed by atoms with Crippen molar-refractivity contribution in [2.24, 2.45) is 0 Å². The number of aryl methyl sites for hydroxylation is 1. The number of hydrazine groups is 1. The van der Waals surface area contributed by atoms with Gasteiger partial charge in [-0.25, -0.2) is 0 Å². The number of para-hydroxylation sites is 1. The van der Waals surface area contributed by atoms with Crippen LogP contribution in [0.25, 0.3) is 0 Å². The highest BCUT2D eigenvalue weighted by atomic mass is 35.5. The molecule has 150 valence electrons. The summed E-state index contributed by atoms with van der Waals surface area (Å²) in [4.78, 5) is 24.1. The van der Waals surface area contributed by atoms with Gasteiger partial charge in [0.15, 0.2) is 12.7 Å². The van der Waals surface area contributed by atoms with Crippen LogP contribution < -0.4 is 20.3 Å². The summed E-state index contributed by atoms with van der Waals surface area (Å²) in [6, 6.07) is 12.7. The van der Waals surface area contributed by atoms with Crippen LogP contribution in [0.15, 0.2) is 42.5 Å². The summed E-state index contributed by atoms with van der Waals surface area (Å²) in [5.74, 6) is 0.330. The van der Waals surface area contributed by atoms with E-state index in [0.29, 0.717) is 16.5 Å². The molecule has 2 amide bonds. The van der Waals surface area contributed by atoms with Crippen LogP contribution in [0.5, 0.6) is 11.5 Å². The van der Waals surface area contributed by atoms with Crippen molar-refractivity contribution in [2.45, 2.75) is 39.7 Å². The molecule has 0 aliphatic heterocycles. The van der Waals surface area contributed by atoms with Crippen molar-refractivity contribution in [3.8, 4) is 11.5 Å². The Balaban J connectivity index is 1.83. The molecular weight excluding hydrogens is 380 g/mol. The van der Waals surface area contributed by atoms with Crippen LogP contribution in [0.1, 0.15) is 37.8 Å². The zero-order chi connectivity index (χ0) is 20.7. The van der Waals surface area contributed by atoms with Gasteiger partial charge in [0, 0.05) is 0 Å². The highest BCUT2D eigenvalue weighted by Gasteiger charge is 2.17. The molecule has 2 rings (SSSR count). The molecule has 0 radical (unpaired) electrons. The summed E-state index contributed by atoms with van der Waals surface area (Å²) in [6.07, 6.45) is -0.842. The van der Waals surface area contributed by atoms with E-state index in [1.165, 1.54) is 0 Å². The Morgan fingerprint density at radius 1 is 1.04 bits per heavy atom. The summed E-state index contributed by atoms with van der Waals surface area (Å²) in [5, 5.41) is 0.402. The van der Waals surface area contributed by atoms with Gasteiger partial charge in [0.05, 0.1) is 5.02 Å². The van der Waals surface area contributed by atoms with Gasteiger partial charge in [-0.2, -0.15) is 0 Å². The van der Waals surface area contributed by atoms with Gasteiger partial charge in [-0.1, -0.05) is 49.7 Å². The van der Waals surface area contributed by atoms with Gasteiger partial charge in [-0.3, -0.25) is 20.4 Å². The van der Waals surface area contributed by atoms with Crippen LogP contribution in [0.2, 0.25) is 5.02 Å². The molecule has 1 atom stereocenters. The molecule has 0 saturated carbocycles. The number of carbonyl (C=O) groups is 2. The fraction of sp³-hybridized carbons (Fsp3) is 0.333. The van der Waals surface area contributed by atoms with Crippen molar-refractivity contribution in [1.29, 1.82) is 0 Å². The first kappa shape index (κ1) is 21.6. The zero-order valence-corrected chi connectivity index (χ0v) is 17.2. The number of carbonyl (C=O) groups excluding carboxylic acids is 2. The second kappa shape index (κ2) is 9.99. The Morgan fingerprint density at radius 2 is 1.75 bits per heavy atom. The third-order valence-electron chi connectivity index (χ3n) is 3.98. The normalized spacial score (nSPS) is 11.6. The first-order chi connectivity index (χ1) is 13.3. The second-order valence-corrected chi connectivity index (χ2v) is 7.12. The average Bonchev–Trinajstić information content (AvgIpc) is 2.65. The van der Waals surface area contributed by atoms with Crippen molar-refractivity contribution in [3.63, 3.8) is 0 Å². The van der Waals surface area contributed by atoms with E-state index in [4.69, 9.17) is 21.1 Å². The van der Waals surface area contributed by atoms with Crippen molar-refractivity contribution in [3.05, 3.63) is 58.6 Å². The number of amides is 2. The molecule has 1 unspecified atom stereocenters. The lowest BCUT2D eigenvalue weighted by Gasteiger charge is -2.17. The maximum atomic E-state index is 12.1. The summed E-state index contributed by atoms with van der Waals surface area (Å²) < 4.78 is 11.1. The number of hydrogen-bond acceptors (Lipinski definition) is 4. The van der Waals surface area contributed by atoms with Gasteiger partial charge in [0.1, 0.15) is 11.5 Å². The monoisotopic (exact) mass is 404 g/mol. The predicted molar refractivity (Wildman–Crippen MR) is 109 cm³/mol.